The first-order valence-electron chi connectivity index (χ1n) is 5.52. The number of thioether (sulfide) groups is 1. The van der Waals surface area contributed by atoms with Crippen molar-refractivity contribution in [3.05, 3.63) is 41.4 Å². The first kappa shape index (κ1) is 12.2. The average molecular weight is 290 g/mol. The Morgan fingerprint density at radius 3 is 2.84 bits per heavy atom. The molecule has 0 amide bonds. The number of para-hydroxylation sites is 1. The first-order chi connectivity index (χ1) is 9.33. The quantitative estimate of drug-likeness (QED) is 0.827. The van der Waals surface area contributed by atoms with E-state index in [0.29, 0.717) is 11.7 Å². The van der Waals surface area contributed by atoms with E-state index in [0.717, 1.165) is 15.8 Å². The molecule has 1 aliphatic rings. The molecule has 0 bridgehead atoms. The standard InChI is InChI=1S/C11H10N6S2/c18-9-6-12-11(19-10-13-15-16-14-10)17(7-9)8-4-2-1-3-5-8/h1-6,18H,7H2,(H,13,14,15,16). The van der Waals surface area contributed by atoms with E-state index in [1.54, 1.807) is 6.20 Å². The highest BCUT2D eigenvalue weighted by molar-refractivity contribution is 8.14. The van der Waals surface area contributed by atoms with Crippen LogP contribution < -0.4 is 4.90 Å². The van der Waals surface area contributed by atoms with Gasteiger partial charge in [0.2, 0.25) is 5.16 Å². The maximum absolute atomic E-state index is 4.39. The van der Waals surface area contributed by atoms with Crippen molar-refractivity contribution in [1.29, 1.82) is 0 Å². The molecule has 1 aromatic carbocycles. The largest absolute Gasteiger partial charge is 0.316 e. The molecule has 3 rings (SSSR count). The lowest BCUT2D eigenvalue weighted by atomic mass is 10.3. The Bertz CT molecular complexity index is 607. The van der Waals surface area contributed by atoms with E-state index in [2.05, 4.69) is 43.1 Å². The van der Waals surface area contributed by atoms with Crippen LogP contribution >= 0.6 is 24.4 Å². The van der Waals surface area contributed by atoms with Gasteiger partial charge in [-0.1, -0.05) is 18.2 Å². The summed E-state index contributed by atoms with van der Waals surface area (Å²) >= 11 is 5.74. The second kappa shape index (κ2) is 5.45. The number of benzene rings is 1. The van der Waals surface area contributed by atoms with Crippen LogP contribution in [-0.2, 0) is 0 Å². The molecule has 1 aliphatic heterocycles. The number of anilines is 1. The van der Waals surface area contributed by atoms with Gasteiger partial charge in [-0.05, 0) is 29.1 Å². The number of nitrogens with one attached hydrogen (secondary N) is 1. The van der Waals surface area contributed by atoms with E-state index in [-0.39, 0.29) is 0 Å². The fraction of sp³-hybridized carbons (Fsp3) is 0.0909. The van der Waals surface area contributed by atoms with Gasteiger partial charge in [0.15, 0.2) is 5.17 Å². The number of hydrogen-bond donors (Lipinski definition) is 2. The predicted molar refractivity (Wildman–Crippen MR) is 78.3 cm³/mol. The minimum Gasteiger partial charge on any atom is -0.316 e. The average Bonchev–Trinajstić information content (AvgIpc) is 2.95. The van der Waals surface area contributed by atoms with Crippen LogP contribution in [0.3, 0.4) is 0 Å². The van der Waals surface area contributed by atoms with E-state index >= 15 is 0 Å². The normalized spacial score (nSPS) is 15.1. The van der Waals surface area contributed by atoms with Crippen molar-refractivity contribution >= 4 is 35.2 Å². The van der Waals surface area contributed by atoms with Gasteiger partial charge in [-0.2, -0.15) is 5.21 Å². The second-order valence-corrected chi connectivity index (χ2v) is 5.26. The number of aromatic nitrogens is 4. The molecule has 0 radical (unpaired) electrons. The second-order valence-electron chi connectivity index (χ2n) is 3.75. The molecule has 6 nitrogen and oxygen atoms in total. The number of aromatic amines is 1. The lowest BCUT2D eigenvalue weighted by Crippen LogP contribution is -2.32. The number of tetrazole rings is 1. The van der Waals surface area contributed by atoms with E-state index in [1.165, 1.54) is 11.8 Å². The Hall–Kier alpha value is -1.80. The smallest absolute Gasteiger partial charge is 0.238 e. The molecule has 0 saturated heterocycles. The monoisotopic (exact) mass is 290 g/mol. The minimum absolute atomic E-state index is 0.538. The minimum atomic E-state index is 0.538. The number of H-pyrrole nitrogens is 1. The highest BCUT2D eigenvalue weighted by Gasteiger charge is 2.20. The van der Waals surface area contributed by atoms with Crippen molar-refractivity contribution in [3.8, 4) is 0 Å². The maximum atomic E-state index is 4.39. The Balaban J connectivity index is 1.90. The molecular weight excluding hydrogens is 280 g/mol. The van der Waals surface area contributed by atoms with Crippen molar-refractivity contribution < 1.29 is 0 Å². The Labute approximate surface area is 119 Å². The van der Waals surface area contributed by atoms with E-state index in [1.807, 2.05) is 30.3 Å². The molecular formula is C11H10N6S2. The molecule has 0 unspecified atom stereocenters. The van der Waals surface area contributed by atoms with Gasteiger partial charge in [0.1, 0.15) is 0 Å². The van der Waals surface area contributed by atoms with Crippen LogP contribution in [0.4, 0.5) is 5.69 Å². The highest BCUT2D eigenvalue weighted by atomic mass is 32.2. The van der Waals surface area contributed by atoms with Gasteiger partial charge in [0.25, 0.3) is 0 Å². The summed E-state index contributed by atoms with van der Waals surface area (Å²) < 4.78 is 0. The summed E-state index contributed by atoms with van der Waals surface area (Å²) in [6.45, 7) is 0.677. The van der Waals surface area contributed by atoms with Crippen LogP contribution in [0, 0.1) is 0 Å². The van der Waals surface area contributed by atoms with Gasteiger partial charge in [0, 0.05) is 16.8 Å². The van der Waals surface area contributed by atoms with Crippen LogP contribution in [0.25, 0.3) is 0 Å². The van der Waals surface area contributed by atoms with Crippen LogP contribution in [0.5, 0.6) is 0 Å². The summed E-state index contributed by atoms with van der Waals surface area (Å²) in [6.07, 6.45) is 1.74. The third kappa shape index (κ3) is 2.79. The van der Waals surface area contributed by atoms with Crippen molar-refractivity contribution in [2.45, 2.75) is 5.16 Å². The fourth-order valence-corrected chi connectivity index (χ4v) is 2.55. The summed E-state index contributed by atoms with van der Waals surface area (Å²) in [4.78, 5) is 7.35. The van der Waals surface area contributed by atoms with E-state index in [4.69, 9.17) is 0 Å². The summed E-state index contributed by atoms with van der Waals surface area (Å²) in [5, 5.41) is 15.2. The number of hydrogen-bond acceptors (Lipinski definition) is 7. The summed E-state index contributed by atoms with van der Waals surface area (Å²) in [5.41, 5.74) is 1.05. The van der Waals surface area contributed by atoms with Gasteiger partial charge in [-0.25, -0.2) is 4.99 Å². The first-order valence-corrected chi connectivity index (χ1v) is 6.79. The zero-order valence-electron chi connectivity index (χ0n) is 9.76. The molecule has 0 spiro atoms. The fourth-order valence-electron chi connectivity index (χ4n) is 1.64. The van der Waals surface area contributed by atoms with E-state index in [9.17, 15) is 0 Å². The molecule has 96 valence electrons. The SMILES string of the molecule is SC1=CN=C(Sc2nn[nH]n2)N(c2ccccc2)C1. The van der Waals surface area contributed by atoms with Gasteiger partial charge in [-0.15, -0.1) is 22.8 Å². The van der Waals surface area contributed by atoms with Gasteiger partial charge < -0.3 is 4.90 Å². The highest BCUT2D eigenvalue weighted by Crippen LogP contribution is 2.27. The van der Waals surface area contributed by atoms with Gasteiger partial charge in [-0.3, -0.25) is 0 Å². The molecule has 1 N–H and O–H groups in total. The number of aliphatic imine (C=N–C) groups is 1. The summed E-state index contributed by atoms with van der Waals surface area (Å²) in [6, 6.07) is 10.0. The number of thiol groups is 1. The molecule has 19 heavy (non-hydrogen) atoms. The number of nitrogens with zero attached hydrogens (tertiary/aromatic N) is 5. The van der Waals surface area contributed by atoms with Crippen LogP contribution in [-0.4, -0.2) is 32.3 Å². The lowest BCUT2D eigenvalue weighted by molar-refractivity contribution is 0.881. The molecule has 0 fully saturated rings. The number of rotatable bonds is 2. The zero-order chi connectivity index (χ0) is 13.1. The topological polar surface area (TPSA) is 70.1 Å². The Morgan fingerprint density at radius 1 is 1.26 bits per heavy atom. The third-order valence-corrected chi connectivity index (χ3v) is 3.57. The van der Waals surface area contributed by atoms with Crippen molar-refractivity contribution in [2.75, 3.05) is 11.4 Å². The van der Waals surface area contributed by atoms with Crippen molar-refractivity contribution in [1.82, 2.24) is 20.6 Å². The molecule has 0 saturated carbocycles. The maximum Gasteiger partial charge on any atom is 0.238 e. The number of amidine groups is 1. The molecule has 1 aromatic heterocycles. The molecule has 0 aliphatic carbocycles. The van der Waals surface area contributed by atoms with Crippen LogP contribution in [0.15, 0.2) is 51.6 Å². The molecule has 8 heteroatoms. The van der Waals surface area contributed by atoms with Gasteiger partial charge >= 0.3 is 0 Å². The molecule has 2 heterocycles. The van der Waals surface area contributed by atoms with Gasteiger partial charge in [0.05, 0.1) is 6.54 Å². The van der Waals surface area contributed by atoms with Crippen LogP contribution in [0.2, 0.25) is 0 Å². The van der Waals surface area contributed by atoms with E-state index < -0.39 is 0 Å². The van der Waals surface area contributed by atoms with Crippen molar-refractivity contribution in [3.63, 3.8) is 0 Å². The summed E-state index contributed by atoms with van der Waals surface area (Å²) in [7, 11) is 0. The summed E-state index contributed by atoms with van der Waals surface area (Å²) in [5.74, 6) is 0. The van der Waals surface area contributed by atoms with Crippen molar-refractivity contribution in [2.24, 2.45) is 4.99 Å². The Morgan fingerprint density at radius 2 is 2.11 bits per heavy atom. The zero-order valence-corrected chi connectivity index (χ0v) is 11.5. The molecule has 2 aromatic rings. The Kier molecular flexibility index (Phi) is 3.51. The molecule has 0 atom stereocenters. The predicted octanol–water partition coefficient (Wildman–Crippen LogP) is 1.94. The lowest BCUT2D eigenvalue weighted by Gasteiger charge is -2.27. The van der Waals surface area contributed by atoms with Crippen LogP contribution in [0.1, 0.15) is 0 Å². The third-order valence-electron chi connectivity index (χ3n) is 2.45.